The fraction of sp³-hybridized carbons (Fsp3) is 0.312. The molecule has 1 aliphatic rings. The lowest BCUT2D eigenvalue weighted by Gasteiger charge is -2.13. The van der Waals surface area contributed by atoms with Gasteiger partial charge in [0.05, 0.1) is 15.8 Å². The summed E-state index contributed by atoms with van der Waals surface area (Å²) >= 11 is 1.15. The molecule has 0 fully saturated rings. The number of nitrogens with zero attached hydrogens (tertiary/aromatic N) is 1. The van der Waals surface area contributed by atoms with Crippen LogP contribution in [0.15, 0.2) is 28.8 Å². The second-order valence-electron chi connectivity index (χ2n) is 5.33. The fourth-order valence-corrected chi connectivity index (χ4v) is 3.60. The third-order valence-corrected chi connectivity index (χ3v) is 4.81. The number of aryl methyl sites for hydroxylation is 2. The minimum Gasteiger partial charge on any atom is -0.427 e. The number of hydrogen-bond acceptors (Lipinski definition) is 5. The van der Waals surface area contributed by atoms with E-state index in [-0.39, 0.29) is 10.7 Å². The van der Waals surface area contributed by atoms with Gasteiger partial charge in [-0.3, -0.25) is 9.59 Å². The predicted octanol–water partition coefficient (Wildman–Crippen LogP) is 2.70. The van der Waals surface area contributed by atoms with Crippen molar-refractivity contribution in [2.45, 2.75) is 26.2 Å². The van der Waals surface area contributed by atoms with Gasteiger partial charge in [0.25, 0.3) is 0 Å². The van der Waals surface area contributed by atoms with Gasteiger partial charge in [-0.2, -0.15) is 0 Å². The number of esters is 1. The van der Waals surface area contributed by atoms with Crippen molar-refractivity contribution in [3.05, 3.63) is 44.8 Å². The Hall–Kier alpha value is -2.21. The zero-order valence-corrected chi connectivity index (χ0v) is 13.2. The summed E-state index contributed by atoms with van der Waals surface area (Å²) in [5.74, 6) is -0.0830. The predicted molar refractivity (Wildman–Crippen MR) is 84.2 cm³/mol. The van der Waals surface area contributed by atoms with Gasteiger partial charge >= 0.3 is 10.8 Å². The van der Waals surface area contributed by atoms with Crippen molar-refractivity contribution in [1.29, 1.82) is 0 Å². The molecule has 0 aliphatic heterocycles. The van der Waals surface area contributed by atoms with E-state index in [1.165, 1.54) is 10.6 Å². The molecule has 22 heavy (non-hydrogen) atoms. The molecule has 114 valence electrons. The largest absolute Gasteiger partial charge is 0.427 e. The van der Waals surface area contributed by atoms with Gasteiger partial charge in [0.15, 0.2) is 5.78 Å². The SMILES string of the molecule is Cc1c(C(=O)OC2=CC(=O)CCC2)ccc2sc(=O)n(C)c12. The van der Waals surface area contributed by atoms with Crippen molar-refractivity contribution >= 4 is 33.3 Å². The third kappa shape index (κ3) is 2.50. The molecule has 0 radical (unpaired) electrons. The maximum absolute atomic E-state index is 12.3. The number of thiazole rings is 1. The molecule has 0 amide bonds. The minimum atomic E-state index is -0.487. The molecule has 0 atom stereocenters. The van der Waals surface area contributed by atoms with E-state index in [1.807, 2.05) is 0 Å². The van der Waals surface area contributed by atoms with Gasteiger partial charge in [-0.15, -0.1) is 0 Å². The van der Waals surface area contributed by atoms with Crippen LogP contribution in [0.4, 0.5) is 0 Å². The number of ether oxygens (including phenoxy) is 1. The Bertz CT molecular complexity index is 872. The number of hydrogen-bond donors (Lipinski definition) is 0. The lowest BCUT2D eigenvalue weighted by atomic mass is 10.0. The van der Waals surface area contributed by atoms with E-state index in [0.717, 1.165) is 21.6 Å². The average Bonchev–Trinajstić information content (AvgIpc) is 2.75. The first kappa shape index (κ1) is 14.7. The summed E-state index contributed by atoms with van der Waals surface area (Å²) in [5.41, 5.74) is 1.88. The van der Waals surface area contributed by atoms with Crippen LogP contribution in [0.1, 0.15) is 35.2 Å². The summed E-state index contributed by atoms with van der Waals surface area (Å²) in [6.07, 6.45) is 3.20. The lowest BCUT2D eigenvalue weighted by molar-refractivity contribution is -0.115. The van der Waals surface area contributed by atoms with Crippen LogP contribution in [0.5, 0.6) is 0 Å². The van der Waals surface area contributed by atoms with Crippen LogP contribution in [-0.2, 0) is 16.6 Å². The molecule has 1 aromatic heterocycles. The average molecular weight is 317 g/mol. The number of ketones is 1. The topological polar surface area (TPSA) is 65.4 Å². The molecule has 1 aromatic carbocycles. The van der Waals surface area contributed by atoms with Crippen LogP contribution in [0.3, 0.4) is 0 Å². The Morgan fingerprint density at radius 2 is 2.05 bits per heavy atom. The number of carbonyl (C=O) groups is 2. The van der Waals surface area contributed by atoms with E-state index < -0.39 is 5.97 Å². The van der Waals surface area contributed by atoms with Crippen LogP contribution in [0.2, 0.25) is 0 Å². The van der Waals surface area contributed by atoms with E-state index >= 15 is 0 Å². The van der Waals surface area contributed by atoms with Crippen LogP contribution in [0.25, 0.3) is 10.2 Å². The highest BCUT2D eigenvalue weighted by molar-refractivity contribution is 7.16. The first-order valence-corrected chi connectivity index (χ1v) is 7.83. The van der Waals surface area contributed by atoms with Crippen molar-refractivity contribution in [2.75, 3.05) is 0 Å². The molecule has 0 N–H and O–H groups in total. The van der Waals surface area contributed by atoms with E-state index in [0.29, 0.717) is 36.1 Å². The Kier molecular flexibility index (Phi) is 3.70. The molecule has 0 spiro atoms. The molecule has 5 nitrogen and oxygen atoms in total. The standard InChI is InChI=1S/C16H15NO4S/c1-9-12(6-7-13-14(9)17(2)16(20)22-13)15(19)21-11-5-3-4-10(18)8-11/h6-8H,3-5H2,1-2H3. The van der Waals surface area contributed by atoms with E-state index in [9.17, 15) is 14.4 Å². The van der Waals surface area contributed by atoms with Gasteiger partial charge in [-0.05, 0) is 31.0 Å². The molecule has 0 saturated carbocycles. The van der Waals surface area contributed by atoms with Crippen molar-refractivity contribution in [3.8, 4) is 0 Å². The molecule has 2 aromatic rings. The molecule has 0 saturated heterocycles. The minimum absolute atomic E-state index is 0.0125. The Balaban J connectivity index is 1.98. The summed E-state index contributed by atoms with van der Waals surface area (Å²) in [5, 5.41) is 0. The highest BCUT2D eigenvalue weighted by atomic mass is 32.1. The molecule has 0 unspecified atom stereocenters. The third-order valence-electron chi connectivity index (χ3n) is 3.81. The molecule has 1 aliphatic carbocycles. The monoisotopic (exact) mass is 317 g/mol. The van der Waals surface area contributed by atoms with Crippen LogP contribution >= 0.6 is 11.3 Å². The molecule has 0 bridgehead atoms. The van der Waals surface area contributed by atoms with Crippen LogP contribution in [-0.4, -0.2) is 16.3 Å². The van der Waals surface area contributed by atoms with Gasteiger partial charge < -0.3 is 9.30 Å². The summed E-state index contributed by atoms with van der Waals surface area (Å²) in [6, 6.07) is 3.42. The lowest BCUT2D eigenvalue weighted by Crippen LogP contribution is -2.12. The Labute approximate surface area is 130 Å². The van der Waals surface area contributed by atoms with E-state index in [4.69, 9.17) is 4.74 Å². The number of aromatic nitrogens is 1. The normalized spacial score (nSPS) is 15.0. The quantitative estimate of drug-likeness (QED) is 0.799. The second-order valence-corrected chi connectivity index (χ2v) is 6.33. The maximum atomic E-state index is 12.3. The molecular formula is C16H15NO4S. The number of benzene rings is 1. The summed E-state index contributed by atoms with van der Waals surface area (Å²) in [6.45, 7) is 1.80. The van der Waals surface area contributed by atoms with Crippen LogP contribution < -0.4 is 4.87 Å². The highest BCUT2D eigenvalue weighted by Gasteiger charge is 2.19. The maximum Gasteiger partial charge on any atom is 0.343 e. The summed E-state index contributed by atoms with van der Waals surface area (Å²) < 4.78 is 7.72. The Morgan fingerprint density at radius 3 is 2.77 bits per heavy atom. The summed E-state index contributed by atoms with van der Waals surface area (Å²) in [4.78, 5) is 35.4. The molecular weight excluding hydrogens is 302 g/mol. The van der Waals surface area contributed by atoms with E-state index in [1.54, 1.807) is 26.1 Å². The van der Waals surface area contributed by atoms with Crippen LogP contribution in [0, 0.1) is 6.92 Å². The smallest absolute Gasteiger partial charge is 0.343 e. The van der Waals surface area contributed by atoms with E-state index in [2.05, 4.69) is 0 Å². The first-order valence-electron chi connectivity index (χ1n) is 7.02. The molecule has 3 rings (SSSR count). The van der Waals surface area contributed by atoms with Gasteiger partial charge in [0.1, 0.15) is 5.76 Å². The number of fused-ring (bicyclic) bond motifs is 1. The van der Waals surface area contributed by atoms with Crippen molar-refractivity contribution in [3.63, 3.8) is 0 Å². The zero-order chi connectivity index (χ0) is 15.9. The highest BCUT2D eigenvalue weighted by Crippen LogP contribution is 2.25. The van der Waals surface area contributed by atoms with Crippen molar-refractivity contribution in [1.82, 2.24) is 4.57 Å². The number of carbonyl (C=O) groups excluding carboxylic acids is 2. The number of rotatable bonds is 2. The van der Waals surface area contributed by atoms with Gasteiger partial charge in [0, 0.05) is 26.0 Å². The summed E-state index contributed by atoms with van der Waals surface area (Å²) in [7, 11) is 1.69. The first-order chi connectivity index (χ1) is 10.5. The number of allylic oxidation sites excluding steroid dienone is 2. The second kappa shape index (κ2) is 5.53. The zero-order valence-electron chi connectivity index (χ0n) is 12.3. The van der Waals surface area contributed by atoms with Gasteiger partial charge in [-0.25, -0.2) is 4.79 Å². The molecule has 6 heteroatoms. The Morgan fingerprint density at radius 1 is 1.27 bits per heavy atom. The fourth-order valence-electron chi connectivity index (χ4n) is 2.66. The van der Waals surface area contributed by atoms with Gasteiger partial charge in [-0.1, -0.05) is 11.3 Å². The molecule has 1 heterocycles. The van der Waals surface area contributed by atoms with Crippen molar-refractivity contribution in [2.24, 2.45) is 7.05 Å². The van der Waals surface area contributed by atoms with Gasteiger partial charge in [0.2, 0.25) is 0 Å². The van der Waals surface area contributed by atoms with Crippen molar-refractivity contribution < 1.29 is 14.3 Å².